The fourth-order valence-electron chi connectivity index (χ4n) is 4.03. The number of H-pyrrole nitrogens is 1. The summed E-state index contributed by atoms with van der Waals surface area (Å²) in [5.74, 6) is -0.241. The third-order valence-corrected chi connectivity index (χ3v) is 8.33. The van der Waals surface area contributed by atoms with E-state index in [9.17, 15) is 14.0 Å². The number of ether oxygens (including phenoxy) is 2. The number of fused-ring (bicyclic) bond motifs is 3. The Labute approximate surface area is 205 Å². The van der Waals surface area contributed by atoms with Crippen LogP contribution in [0.15, 0.2) is 36.7 Å². The molecule has 0 spiro atoms. The number of benzene rings is 1. The van der Waals surface area contributed by atoms with Crippen molar-refractivity contribution in [2.75, 3.05) is 32.1 Å². The molecule has 5 rings (SSSR count). The maximum atomic E-state index is 14.4. The van der Waals surface area contributed by atoms with Crippen molar-refractivity contribution in [3.05, 3.63) is 53.7 Å². The van der Waals surface area contributed by atoms with Gasteiger partial charge in [-0.25, -0.2) is 0 Å². The molecule has 4 heterocycles. The van der Waals surface area contributed by atoms with Gasteiger partial charge in [-0.3, -0.25) is 0 Å². The van der Waals surface area contributed by atoms with Gasteiger partial charge in [0.25, 0.3) is 0 Å². The number of alkyl halides is 1. The Morgan fingerprint density at radius 1 is 1.26 bits per heavy atom. The first-order valence-electron chi connectivity index (χ1n) is 10.7. The van der Waals surface area contributed by atoms with E-state index in [0.29, 0.717) is 65.8 Å². The summed E-state index contributed by atoms with van der Waals surface area (Å²) < 4.78 is 25.5. The number of carbonyl (C=O) groups excluding carboxylic acids is 2. The van der Waals surface area contributed by atoms with E-state index in [-0.39, 0.29) is 19.5 Å². The summed E-state index contributed by atoms with van der Waals surface area (Å²) in [6, 6.07) is 6.33. The fourth-order valence-corrected chi connectivity index (χ4v) is 6.42. The molecule has 2 bridgehead atoms. The van der Waals surface area contributed by atoms with E-state index in [1.54, 1.807) is 30.6 Å². The van der Waals surface area contributed by atoms with Crippen molar-refractivity contribution >= 4 is 21.2 Å². The summed E-state index contributed by atoms with van der Waals surface area (Å²) in [7, 11) is 1.39. The quantitative estimate of drug-likeness (QED) is 0.154. The molecule has 1 unspecified atom stereocenters. The number of halogens is 2. The molecular formula is C23H22FIN5O4-. The number of para-hydroxylation sites is 1. The number of rotatable bonds is 3. The first-order valence-corrected chi connectivity index (χ1v) is 13.0. The first-order chi connectivity index (χ1) is 16.6. The molecule has 2 aliphatic rings. The van der Waals surface area contributed by atoms with Gasteiger partial charge in [-0.15, -0.1) is 0 Å². The SMILES string of the molecule is COc1c(F)cccc1Nc1c2[nH]c3c1C(=O)NCC3[I-]C(=O)NCCCOc1cnccc1-2. The topological polar surface area (TPSA) is 117 Å². The number of aromatic nitrogens is 2. The van der Waals surface area contributed by atoms with Crippen LogP contribution in [0.5, 0.6) is 11.5 Å². The number of hydrogen-bond donors (Lipinski definition) is 4. The first kappa shape index (κ1) is 22.4. The van der Waals surface area contributed by atoms with Crippen LogP contribution < -0.4 is 46.6 Å². The summed E-state index contributed by atoms with van der Waals surface area (Å²) in [4.78, 5) is 33.3. The normalized spacial score (nSPS) is 17.9. The van der Waals surface area contributed by atoms with Crippen LogP contribution in [-0.2, 0) is 0 Å². The molecule has 2 aromatic heterocycles. The maximum absolute atomic E-state index is 14.4. The van der Waals surface area contributed by atoms with Gasteiger partial charge in [-0.05, 0) is 0 Å². The van der Waals surface area contributed by atoms with E-state index in [2.05, 4.69) is 25.9 Å². The predicted octanol–water partition coefficient (Wildman–Crippen LogP) is 0.334. The van der Waals surface area contributed by atoms with Crippen LogP contribution in [0, 0.1) is 5.82 Å². The molecule has 34 heavy (non-hydrogen) atoms. The molecule has 4 N–H and O–H groups in total. The number of methoxy groups -OCH3 is 1. The number of anilines is 2. The second-order valence-electron chi connectivity index (χ2n) is 7.67. The zero-order valence-corrected chi connectivity index (χ0v) is 20.4. The number of nitrogens with zero attached hydrogens (tertiary/aromatic N) is 1. The average molecular weight is 578 g/mol. The van der Waals surface area contributed by atoms with Gasteiger partial charge in [0.05, 0.1) is 0 Å². The van der Waals surface area contributed by atoms with E-state index >= 15 is 0 Å². The third-order valence-electron chi connectivity index (χ3n) is 5.57. The van der Waals surface area contributed by atoms with Crippen molar-refractivity contribution in [2.45, 2.75) is 10.3 Å². The van der Waals surface area contributed by atoms with Gasteiger partial charge in [-0.1, -0.05) is 0 Å². The number of aromatic amines is 1. The molecule has 9 nitrogen and oxygen atoms in total. The van der Waals surface area contributed by atoms with E-state index in [4.69, 9.17) is 9.47 Å². The third kappa shape index (κ3) is 4.15. The Morgan fingerprint density at radius 3 is 3.00 bits per heavy atom. The van der Waals surface area contributed by atoms with Gasteiger partial charge in [0.2, 0.25) is 0 Å². The second-order valence-corrected chi connectivity index (χ2v) is 10.8. The predicted molar refractivity (Wildman–Crippen MR) is 119 cm³/mol. The van der Waals surface area contributed by atoms with Crippen molar-refractivity contribution in [2.24, 2.45) is 0 Å². The van der Waals surface area contributed by atoms with Crippen LogP contribution in [0.3, 0.4) is 0 Å². The molecule has 11 heteroatoms. The molecule has 0 saturated carbocycles. The molecule has 0 fully saturated rings. The molecule has 0 radical (unpaired) electrons. The Bertz CT molecular complexity index is 1260. The van der Waals surface area contributed by atoms with Crippen LogP contribution in [-0.4, -0.2) is 46.6 Å². The molecule has 0 saturated heterocycles. The van der Waals surface area contributed by atoms with Crippen molar-refractivity contribution in [3.63, 3.8) is 0 Å². The standard InChI is InChI=1S/C23H22FIN5O4/c1-33-21-13(24)4-2-5-15(21)29-20-17-19-14(10-28-22(17)31)25-23(32)27-7-3-9-34-16-11-26-8-6-12(16)18(20)30-19/h2,4-6,8,11,14,29-30H,3,7,9-10H2,1H3,(H,27,32)(H,28,31)/q-1. The van der Waals surface area contributed by atoms with Crippen molar-refractivity contribution in [1.29, 1.82) is 0 Å². The molecule has 2 amide bonds. The number of nitrogens with one attached hydrogen (secondary N) is 4. The molecule has 1 atom stereocenters. The van der Waals surface area contributed by atoms with Crippen LogP contribution >= 0.6 is 0 Å². The van der Waals surface area contributed by atoms with E-state index < -0.39 is 27.0 Å². The van der Waals surface area contributed by atoms with Crippen LogP contribution in [0.25, 0.3) is 11.3 Å². The minimum absolute atomic E-state index is 0.00165. The number of carbonyl (C=O) groups is 2. The Hall–Kier alpha value is -3.35. The summed E-state index contributed by atoms with van der Waals surface area (Å²) >= 11 is -0.975. The van der Waals surface area contributed by atoms with Gasteiger partial charge in [0, 0.05) is 0 Å². The van der Waals surface area contributed by atoms with Gasteiger partial charge >= 0.3 is 205 Å². The van der Waals surface area contributed by atoms with Crippen LogP contribution in [0.2, 0.25) is 0 Å². The van der Waals surface area contributed by atoms with Crippen molar-refractivity contribution in [1.82, 2.24) is 20.6 Å². The zero-order valence-electron chi connectivity index (χ0n) is 18.2. The van der Waals surface area contributed by atoms with Crippen LogP contribution in [0.4, 0.5) is 20.6 Å². The van der Waals surface area contributed by atoms with Crippen LogP contribution in [0.1, 0.15) is 26.4 Å². The van der Waals surface area contributed by atoms with E-state index in [0.717, 1.165) is 0 Å². The second kappa shape index (κ2) is 9.49. The van der Waals surface area contributed by atoms with Crippen molar-refractivity contribution < 1.29 is 44.7 Å². The van der Waals surface area contributed by atoms with Gasteiger partial charge in [-0.2, -0.15) is 0 Å². The molecule has 178 valence electrons. The molecule has 3 aromatic rings. The zero-order chi connectivity index (χ0) is 23.7. The summed E-state index contributed by atoms with van der Waals surface area (Å²) in [6.45, 7) is 1.28. The molecular weight excluding hydrogens is 556 g/mol. The number of pyridine rings is 1. The Kier molecular flexibility index (Phi) is 6.26. The van der Waals surface area contributed by atoms with Gasteiger partial charge < -0.3 is 0 Å². The Balaban J connectivity index is 1.72. The monoisotopic (exact) mass is 578 g/mol. The average Bonchev–Trinajstić information content (AvgIpc) is 3.21. The Morgan fingerprint density at radius 2 is 2.15 bits per heavy atom. The summed E-state index contributed by atoms with van der Waals surface area (Å²) in [5, 5.41) is 9.08. The van der Waals surface area contributed by atoms with Crippen molar-refractivity contribution in [3.8, 4) is 22.8 Å². The molecule has 1 aromatic carbocycles. The number of hydrogen-bond acceptors (Lipinski definition) is 6. The minimum atomic E-state index is -0.975. The number of amides is 2. The summed E-state index contributed by atoms with van der Waals surface area (Å²) in [6.07, 6.45) is 3.91. The summed E-state index contributed by atoms with van der Waals surface area (Å²) in [5.41, 5.74) is 3.20. The fraction of sp³-hybridized carbons (Fsp3) is 0.261. The van der Waals surface area contributed by atoms with Gasteiger partial charge in [0.15, 0.2) is 0 Å². The van der Waals surface area contributed by atoms with E-state index in [1.165, 1.54) is 13.2 Å². The molecule has 0 aliphatic carbocycles. The van der Waals surface area contributed by atoms with Gasteiger partial charge in [0.1, 0.15) is 0 Å². The molecule has 2 aliphatic heterocycles. The van der Waals surface area contributed by atoms with E-state index in [1.807, 2.05) is 0 Å².